The summed E-state index contributed by atoms with van der Waals surface area (Å²) in [5.74, 6) is -0.193. The molecule has 2 rings (SSSR count). The van der Waals surface area contributed by atoms with E-state index in [1.807, 2.05) is 30.3 Å². The van der Waals surface area contributed by atoms with Crippen molar-refractivity contribution in [2.75, 3.05) is 12.4 Å². The van der Waals surface area contributed by atoms with Gasteiger partial charge >= 0.3 is 0 Å². The van der Waals surface area contributed by atoms with E-state index in [4.69, 9.17) is 11.6 Å². The zero-order chi connectivity index (χ0) is 14.5. The highest BCUT2D eigenvalue weighted by molar-refractivity contribution is 9.10. The second kappa shape index (κ2) is 6.77. The van der Waals surface area contributed by atoms with Gasteiger partial charge in [0.15, 0.2) is 0 Å². The minimum absolute atomic E-state index is 0.193. The molecule has 2 aromatic rings. The van der Waals surface area contributed by atoms with Crippen LogP contribution in [0.1, 0.15) is 15.9 Å². The van der Waals surface area contributed by atoms with Crippen molar-refractivity contribution >= 4 is 39.1 Å². The number of anilines is 1. The summed E-state index contributed by atoms with van der Waals surface area (Å²) in [5.41, 5.74) is 2.47. The third-order valence-electron chi connectivity index (χ3n) is 2.82. The van der Waals surface area contributed by atoms with Crippen molar-refractivity contribution in [3.63, 3.8) is 0 Å². The third kappa shape index (κ3) is 3.74. The Bertz CT molecular complexity index is 631. The highest BCUT2D eigenvalue weighted by atomic mass is 79.9. The molecule has 0 fully saturated rings. The van der Waals surface area contributed by atoms with Crippen LogP contribution in [0.15, 0.2) is 46.9 Å². The van der Waals surface area contributed by atoms with E-state index in [9.17, 15) is 4.79 Å². The van der Waals surface area contributed by atoms with Crippen molar-refractivity contribution in [2.24, 2.45) is 0 Å². The van der Waals surface area contributed by atoms with Crippen LogP contribution in [0, 0.1) is 0 Å². The molecule has 20 heavy (non-hydrogen) atoms. The smallest absolute Gasteiger partial charge is 0.252 e. The number of halogens is 2. The Hall–Kier alpha value is -1.52. The molecule has 0 unspecified atom stereocenters. The van der Waals surface area contributed by atoms with Gasteiger partial charge in [-0.1, -0.05) is 39.7 Å². The van der Waals surface area contributed by atoms with Gasteiger partial charge in [-0.2, -0.15) is 0 Å². The summed E-state index contributed by atoms with van der Waals surface area (Å²) in [6, 6.07) is 13.4. The molecule has 0 radical (unpaired) electrons. The fourth-order valence-electron chi connectivity index (χ4n) is 1.79. The Balaban J connectivity index is 2.12. The molecule has 0 heterocycles. The Morgan fingerprint density at radius 2 is 2.05 bits per heavy atom. The van der Waals surface area contributed by atoms with E-state index in [0.717, 1.165) is 15.7 Å². The molecule has 0 aromatic heterocycles. The lowest BCUT2D eigenvalue weighted by molar-refractivity contribution is 0.0963. The van der Waals surface area contributed by atoms with Gasteiger partial charge in [0.1, 0.15) is 0 Å². The van der Waals surface area contributed by atoms with Crippen LogP contribution in [-0.4, -0.2) is 13.0 Å². The SMILES string of the molecule is CNC(=O)c1cc(NCc2cccc(Br)c2)ccc1Cl. The molecule has 0 aliphatic heterocycles. The predicted molar refractivity (Wildman–Crippen MR) is 86.3 cm³/mol. The van der Waals surface area contributed by atoms with Gasteiger partial charge in [-0.15, -0.1) is 0 Å². The summed E-state index contributed by atoms with van der Waals surface area (Å²) in [6.45, 7) is 0.675. The number of carbonyl (C=O) groups is 1. The maximum Gasteiger partial charge on any atom is 0.252 e. The molecule has 0 aliphatic carbocycles. The van der Waals surface area contributed by atoms with Crippen LogP contribution >= 0.6 is 27.5 Å². The monoisotopic (exact) mass is 352 g/mol. The van der Waals surface area contributed by atoms with Crippen molar-refractivity contribution in [3.8, 4) is 0 Å². The topological polar surface area (TPSA) is 41.1 Å². The summed E-state index contributed by atoms with van der Waals surface area (Å²) in [4.78, 5) is 11.7. The lowest BCUT2D eigenvalue weighted by atomic mass is 10.1. The second-order valence-electron chi connectivity index (χ2n) is 4.26. The Morgan fingerprint density at radius 1 is 1.25 bits per heavy atom. The predicted octanol–water partition coefficient (Wildman–Crippen LogP) is 4.07. The van der Waals surface area contributed by atoms with Gasteiger partial charge < -0.3 is 10.6 Å². The van der Waals surface area contributed by atoms with Crippen molar-refractivity contribution in [3.05, 3.63) is 63.1 Å². The molecule has 0 atom stereocenters. The summed E-state index contributed by atoms with van der Waals surface area (Å²) in [6.07, 6.45) is 0. The van der Waals surface area contributed by atoms with Gasteiger partial charge in [-0.3, -0.25) is 4.79 Å². The zero-order valence-corrected chi connectivity index (χ0v) is 13.3. The van der Waals surface area contributed by atoms with Crippen molar-refractivity contribution in [1.82, 2.24) is 5.32 Å². The van der Waals surface area contributed by atoms with Crippen molar-refractivity contribution in [2.45, 2.75) is 6.54 Å². The summed E-state index contributed by atoms with van der Waals surface area (Å²) in [5, 5.41) is 6.29. The average Bonchev–Trinajstić information content (AvgIpc) is 2.45. The van der Waals surface area contributed by atoms with Gasteiger partial charge in [0, 0.05) is 23.8 Å². The molecule has 0 bridgehead atoms. The molecule has 2 aromatic carbocycles. The van der Waals surface area contributed by atoms with Crippen molar-refractivity contribution < 1.29 is 4.79 Å². The number of carbonyl (C=O) groups excluding carboxylic acids is 1. The molecule has 0 spiro atoms. The fourth-order valence-corrected chi connectivity index (χ4v) is 2.44. The van der Waals surface area contributed by atoms with Crippen LogP contribution in [0.4, 0.5) is 5.69 Å². The van der Waals surface area contributed by atoms with Crippen LogP contribution in [-0.2, 0) is 6.54 Å². The van der Waals surface area contributed by atoms with E-state index in [1.54, 1.807) is 19.2 Å². The number of amides is 1. The van der Waals surface area contributed by atoms with Crippen molar-refractivity contribution in [1.29, 1.82) is 0 Å². The normalized spacial score (nSPS) is 10.2. The fraction of sp³-hybridized carbons (Fsp3) is 0.133. The molecule has 5 heteroatoms. The highest BCUT2D eigenvalue weighted by Crippen LogP contribution is 2.21. The average molecular weight is 354 g/mol. The van der Waals surface area contributed by atoms with Crippen LogP contribution in [0.2, 0.25) is 5.02 Å². The number of hydrogen-bond acceptors (Lipinski definition) is 2. The molecule has 0 saturated heterocycles. The lowest BCUT2D eigenvalue weighted by Crippen LogP contribution is -2.18. The van der Waals surface area contributed by atoms with Crippen LogP contribution in [0.5, 0.6) is 0 Å². The largest absolute Gasteiger partial charge is 0.381 e. The van der Waals surface area contributed by atoms with Gasteiger partial charge in [-0.05, 0) is 35.9 Å². The number of hydrogen-bond donors (Lipinski definition) is 2. The Labute approximate surface area is 131 Å². The second-order valence-corrected chi connectivity index (χ2v) is 5.58. The number of benzene rings is 2. The standard InChI is InChI=1S/C15H14BrClN2O/c1-18-15(20)13-8-12(5-6-14(13)17)19-9-10-3-2-4-11(16)7-10/h2-8,19H,9H2,1H3,(H,18,20). The van der Waals surface area contributed by atoms with E-state index >= 15 is 0 Å². The van der Waals surface area contributed by atoms with Gasteiger partial charge in [0.05, 0.1) is 10.6 Å². The first-order valence-corrected chi connectivity index (χ1v) is 7.27. The first-order chi connectivity index (χ1) is 9.60. The number of nitrogens with one attached hydrogen (secondary N) is 2. The first kappa shape index (κ1) is 14.9. The van der Waals surface area contributed by atoms with Crippen LogP contribution < -0.4 is 10.6 Å². The van der Waals surface area contributed by atoms with Gasteiger partial charge in [0.2, 0.25) is 0 Å². The molecular formula is C15H14BrClN2O. The molecule has 2 N–H and O–H groups in total. The van der Waals surface area contributed by atoms with E-state index in [1.165, 1.54) is 0 Å². The van der Waals surface area contributed by atoms with E-state index in [-0.39, 0.29) is 5.91 Å². The van der Waals surface area contributed by atoms with E-state index in [0.29, 0.717) is 17.1 Å². The molecule has 1 amide bonds. The molecule has 0 aliphatic rings. The first-order valence-electron chi connectivity index (χ1n) is 6.10. The zero-order valence-electron chi connectivity index (χ0n) is 10.9. The van der Waals surface area contributed by atoms with Gasteiger partial charge in [-0.25, -0.2) is 0 Å². The molecule has 0 saturated carbocycles. The van der Waals surface area contributed by atoms with Gasteiger partial charge in [0.25, 0.3) is 5.91 Å². The number of rotatable bonds is 4. The third-order valence-corrected chi connectivity index (χ3v) is 3.65. The minimum Gasteiger partial charge on any atom is -0.381 e. The molecule has 3 nitrogen and oxygen atoms in total. The van der Waals surface area contributed by atoms with Crippen LogP contribution in [0.3, 0.4) is 0 Å². The summed E-state index contributed by atoms with van der Waals surface area (Å²) >= 11 is 9.45. The Morgan fingerprint density at radius 3 is 2.75 bits per heavy atom. The Kier molecular flexibility index (Phi) is 5.04. The summed E-state index contributed by atoms with van der Waals surface area (Å²) < 4.78 is 1.04. The van der Waals surface area contributed by atoms with Crippen LogP contribution in [0.25, 0.3) is 0 Å². The molecule has 104 valence electrons. The maximum absolute atomic E-state index is 11.7. The quantitative estimate of drug-likeness (QED) is 0.870. The van der Waals surface area contributed by atoms with E-state index < -0.39 is 0 Å². The maximum atomic E-state index is 11.7. The highest BCUT2D eigenvalue weighted by Gasteiger charge is 2.09. The molecular weight excluding hydrogens is 340 g/mol. The lowest BCUT2D eigenvalue weighted by Gasteiger charge is -2.10. The van der Waals surface area contributed by atoms with E-state index in [2.05, 4.69) is 26.6 Å². The minimum atomic E-state index is -0.193. The summed E-state index contributed by atoms with van der Waals surface area (Å²) in [7, 11) is 1.58.